The van der Waals surface area contributed by atoms with E-state index in [9.17, 15) is 27.6 Å². The molecule has 1 atom stereocenters. The van der Waals surface area contributed by atoms with Crippen LogP contribution in [0, 0.1) is 13.8 Å². The molecule has 14 heteroatoms. The Bertz CT molecular complexity index is 1190. The average Bonchev–Trinajstić information content (AvgIpc) is 3.28. The minimum absolute atomic E-state index is 0.00935. The Morgan fingerprint density at radius 1 is 1.32 bits per heavy atom. The number of aliphatic hydroxyl groups excluding tert-OH is 1. The third-order valence-electron chi connectivity index (χ3n) is 6.08. The number of allylic oxidation sites excluding steroid dienone is 3. The molecule has 3 aliphatic rings. The predicted molar refractivity (Wildman–Crippen MR) is 133 cm³/mol. The van der Waals surface area contributed by atoms with Crippen LogP contribution in [0.4, 0.5) is 13.2 Å². The van der Waals surface area contributed by atoms with E-state index in [1.807, 2.05) is 30.9 Å². The number of aryl methyl sites for hydroxylation is 1. The van der Waals surface area contributed by atoms with Crippen molar-refractivity contribution in [1.29, 1.82) is 0 Å². The summed E-state index contributed by atoms with van der Waals surface area (Å²) in [7, 11) is 0. The first-order valence-corrected chi connectivity index (χ1v) is 12.2. The number of halogens is 4. The summed E-state index contributed by atoms with van der Waals surface area (Å²) in [6, 6.07) is 0. The molecule has 208 valence electrons. The number of carbonyl (C=O) groups excluding carboxylic acids is 3. The highest BCUT2D eigenvalue weighted by molar-refractivity contribution is 6.22. The Morgan fingerprint density at radius 3 is 2.63 bits per heavy atom. The maximum absolute atomic E-state index is 12.8. The van der Waals surface area contributed by atoms with Crippen molar-refractivity contribution >= 4 is 35.4 Å². The zero-order chi connectivity index (χ0) is 28.2. The van der Waals surface area contributed by atoms with Gasteiger partial charge >= 0.3 is 6.18 Å². The van der Waals surface area contributed by atoms with Crippen LogP contribution in [0.25, 0.3) is 6.08 Å². The maximum Gasteiger partial charge on any atom is 0.439 e. The third kappa shape index (κ3) is 7.25. The first-order valence-electron chi connectivity index (χ1n) is 11.8. The van der Waals surface area contributed by atoms with Crippen molar-refractivity contribution in [3.8, 4) is 0 Å². The van der Waals surface area contributed by atoms with Gasteiger partial charge in [0.25, 0.3) is 18.1 Å². The van der Waals surface area contributed by atoms with Gasteiger partial charge in [-0.3, -0.25) is 19.3 Å². The van der Waals surface area contributed by atoms with Gasteiger partial charge in [0, 0.05) is 48.8 Å². The fourth-order valence-electron chi connectivity index (χ4n) is 4.19. The smallest absolute Gasteiger partial charge is 0.361 e. The molecule has 1 aliphatic carbocycles. The summed E-state index contributed by atoms with van der Waals surface area (Å²) in [5.74, 6) is -0.340. The quantitative estimate of drug-likeness (QED) is 0.180. The lowest BCUT2D eigenvalue weighted by Crippen LogP contribution is -2.49. The summed E-state index contributed by atoms with van der Waals surface area (Å²) < 4.78 is 32.0. The molecule has 0 saturated carbocycles. The first kappa shape index (κ1) is 29.4. The van der Waals surface area contributed by atoms with Gasteiger partial charge in [-0.15, -0.1) is 11.6 Å². The molecular formula is C24H29ClF3N5O5. The van der Waals surface area contributed by atoms with E-state index in [-0.39, 0.29) is 23.1 Å². The molecule has 0 radical (unpaired) electrons. The minimum Gasteiger partial charge on any atom is -0.361 e. The number of piperazine rings is 1. The van der Waals surface area contributed by atoms with Gasteiger partial charge in [-0.25, -0.2) is 0 Å². The molecule has 38 heavy (non-hydrogen) atoms. The van der Waals surface area contributed by atoms with Crippen molar-refractivity contribution in [2.45, 2.75) is 38.1 Å². The monoisotopic (exact) mass is 559 g/mol. The van der Waals surface area contributed by atoms with E-state index < -0.39 is 12.5 Å². The molecule has 2 saturated heterocycles. The van der Waals surface area contributed by atoms with Crippen molar-refractivity contribution in [2.75, 3.05) is 32.7 Å². The number of hydrogen-bond donors (Lipinski definition) is 6. The molecule has 3 amide bonds. The van der Waals surface area contributed by atoms with Gasteiger partial charge in [-0.1, -0.05) is 12.2 Å². The number of nitrogens with one attached hydrogen (secondary N) is 4. The van der Waals surface area contributed by atoms with E-state index in [0.29, 0.717) is 43.7 Å². The Labute approximate surface area is 221 Å². The van der Waals surface area contributed by atoms with E-state index in [1.54, 1.807) is 6.08 Å². The van der Waals surface area contributed by atoms with E-state index in [2.05, 4.69) is 20.9 Å². The molecule has 0 spiro atoms. The number of nitrogens with zero attached hydrogens (tertiary/aromatic N) is 1. The lowest BCUT2D eigenvalue weighted by atomic mass is 9.98. The van der Waals surface area contributed by atoms with Crippen molar-refractivity contribution in [2.24, 2.45) is 0 Å². The zero-order valence-corrected chi connectivity index (χ0v) is 21.5. The standard InChI is InChI=1S/C22H26ClN5O3.C2H3F3O2/c1-12-18(10-16-15-9-14(23)3-4-17(15)27-21(16)30)26-13(2)20(12)22(31)25-6-8-28-7-5-24-19(29)11-28;3-2(4,5)1(6)7/h4,9-10,14,26H,3,5-8,11H2,1-2H3,(H,24,29)(H,25,31)(H,27,30);1,6-7H/b16-10-;. The van der Waals surface area contributed by atoms with Crippen molar-refractivity contribution in [3.05, 3.63) is 51.5 Å². The van der Waals surface area contributed by atoms with Crippen LogP contribution in [0.5, 0.6) is 0 Å². The summed E-state index contributed by atoms with van der Waals surface area (Å²) in [4.78, 5) is 42.0. The largest absolute Gasteiger partial charge is 0.439 e. The van der Waals surface area contributed by atoms with Crippen LogP contribution in [0.2, 0.25) is 0 Å². The lowest BCUT2D eigenvalue weighted by Gasteiger charge is -2.26. The number of hydrogen-bond acceptors (Lipinski definition) is 6. The Morgan fingerprint density at radius 2 is 2.00 bits per heavy atom. The lowest BCUT2D eigenvalue weighted by molar-refractivity contribution is -0.275. The van der Waals surface area contributed by atoms with Gasteiger partial charge in [0.2, 0.25) is 5.91 Å². The molecule has 2 aliphatic heterocycles. The molecule has 6 N–H and O–H groups in total. The SMILES string of the molecule is Cc1[nH]c(/C=C2\C(=O)NC3=CCC(Cl)C=C32)c(C)c1C(=O)NCCN1CCNC(=O)C1.OC(O)C(F)(F)F. The topological polar surface area (TPSA) is 147 Å². The summed E-state index contributed by atoms with van der Waals surface area (Å²) in [6.07, 6.45) is -1.81. The van der Waals surface area contributed by atoms with Crippen LogP contribution in [0.1, 0.15) is 33.7 Å². The minimum atomic E-state index is -4.89. The number of amides is 3. The van der Waals surface area contributed by atoms with Crippen LogP contribution in [0.3, 0.4) is 0 Å². The third-order valence-corrected chi connectivity index (χ3v) is 6.39. The molecule has 1 aromatic heterocycles. The van der Waals surface area contributed by atoms with Gasteiger partial charge in [0.1, 0.15) is 0 Å². The van der Waals surface area contributed by atoms with E-state index in [1.165, 1.54) is 0 Å². The molecule has 1 unspecified atom stereocenters. The Hall–Kier alpha value is -3.13. The number of fused-ring (bicyclic) bond motifs is 1. The zero-order valence-electron chi connectivity index (χ0n) is 20.7. The van der Waals surface area contributed by atoms with Crippen LogP contribution in [0.15, 0.2) is 29.0 Å². The van der Waals surface area contributed by atoms with Crippen LogP contribution < -0.4 is 16.0 Å². The van der Waals surface area contributed by atoms with E-state index >= 15 is 0 Å². The summed E-state index contributed by atoms with van der Waals surface area (Å²) in [6.45, 7) is 6.53. The van der Waals surface area contributed by atoms with Gasteiger partial charge in [0.05, 0.1) is 23.1 Å². The molecule has 3 heterocycles. The molecule has 1 aromatic rings. The predicted octanol–water partition coefficient (Wildman–Crippen LogP) is 0.987. The summed E-state index contributed by atoms with van der Waals surface area (Å²) in [5, 5.41) is 23.1. The van der Waals surface area contributed by atoms with E-state index in [0.717, 1.165) is 34.8 Å². The second kappa shape index (κ2) is 12.2. The summed E-state index contributed by atoms with van der Waals surface area (Å²) in [5.41, 5.74) is 4.95. The van der Waals surface area contributed by atoms with Gasteiger partial charge in [0.15, 0.2) is 0 Å². The Kier molecular flexibility index (Phi) is 9.41. The highest BCUT2D eigenvalue weighted by Crippen LogP contribution is 2.33. The molecule has 0 aromatic carbocycles. The summed E-state index contributed by atoms with van der Waals surface area (Å²) >= 11 is 6.24. The number of H-pyrrole nitrogens is 1. The number of rotatable bonds is 5. The van der Waals surface area contributed by atoms with Crippen LogP contribution in [-0.4, -0.2) is 88.4 Å². The first-order chi connectivity index (χ1) is 17.8. The highest BCUT2D eigenvalue weighted by Gasteiger charge is 2.36. The van der Waals surface area contributed by atoms with Crippen molar-refractivity contribution < 1.29 is 37.8 Å². The molecular weight excluding hydrogens is 531 g/mol. The highest BCUT2D eigenvalue weighted by atomic mass is 35.5. The van der Waals surface area contributed by atoms with Crippen molar-refractivity contribution in [1.82, 2.24) is 25.8 Å². The second-order valence-electron chi connectivity index (χ2n) is 8.92. The molecule has 4 rings (SSSR count). The van der Waals surface area contributed by atoms with Gasteiger partial charge < -0.3 is 31.1 Å². The number of aliphatic hydroxyl groups is 2. The van der Waals surface area contributed by atoms with Crippen molar-refractivity contribution in [3.63, 3.8) is 0 Å². The fourth-order valence-corrected chi connectivity index (χ4v) is 4.40. The average molecular weight is 560 g/mol. The molecule has 2 fully saturated rings. The van der Waals surface area contributed by atoms with Gasteiger partial charge in [-0.2, -0.15) is 13.2 Å². The fraction of sp³-hybridized carbons (Fsp3) is 0.458. The number of alkyl halides is 4. The van der Waals surface area contributed by atoms with Crippen LogP contribution in [-0.2, 0) is 9.59 Å². The van der Waals surface area contributed by atoms with Crippen LogP contribution >= 0.6 is 11.6 Å². The normalized spacial score (nSPS) is 20.8. The van der Waals surface area contributed by atoms with Gasteiger partial charge in [-0.05, 0) is 31.9 Å². The second-order valence-corrected chi connectivity index (χ2v) is 9.48. The Balaban J connectivity index is 0.000000505. The number of aromatic amines is 1. The molecule has 0 bridgehead atoms. The maximum atomic E-state index is 12.8. The van der Waals surface area contributed by atoms with E-state index in [4.69, 9.17) is 21.8 Å². The number of carbonyl (C=O) groups is 3. The number of aromatic nitrogens is 1. The molecule has 10 nitrogen and oxygen atoms in total.